The first-order valence-corrected chi connectivity index (χ1v) is 13.2. The van der Waals surface area contributed by atoms with Gasteiger partial charge in [-0.2, -0.15) is 22.0 Å². The van der Waals surface area contributed by atoms with Gasteiger partial charge in [-0.15, -0.1) is 0 Å². The summed E-state index contributed by atoms with van der Waals surface area (Å²) in [6, 6.07) is 7.69. The van der Waals surface area contributed by atoms with E-state index in [4.69, 9.17) is 4.74 Å². The number of alkyl halides is 5. The van der Waals surface area contributed by atoms with Crippen LogP contribution in [0, 0.1) is 23.6 Å². The van der Waals surface area contributed by atoms with E-state index in [0.29, 0.717) is 12.0 Å². The molecule has 2 fully saturated rings. The molecule has 0 unspecified atom stereocenters. The Balaban J connectivity index is 1.43. The Morgan fingerprint density at radius 3 is 1.89 bits per heavy atom. The second-order valence-electron chi connectivity index (χ2n) is 10.7. The van der Waals surface area contributed by atoms with Crippen molar-refractivity contribution in [3.63, 3.8) is 0 Å². The third-order valence-corrected chi connectivity index (χ3v) is 8.21. The summed E-state index contributed by atoms with van der Waals surface area (Å²) < 4.78 is 89.4. The summed E-state index contributed by atoms with van der Waals surface area (Å²) in [4.78, 5) is 0. The Labute approximate surface area is 214 Å². The van der Waals surface area contributed by atoms with Crippen molar-refractivity contribution in [3.8, 4) is 5.75 Å². The zero-order valence-corrected chi connectivity index (χ0v) is 21.3. The minimum Gasteiger partial charge on any atom is -0.429 e. The SMILES string of the molecule is CC=Cc1ccc(C(F)(F)Oc2ccc(C3CCC(C4CCC(C)CC4)CC3)cc2)c(F)c1C(F)(F)F. The van der Waals surface area contributed by atoms with Crippen LogP contribution < -0.4 is 4.74 Å². The van der Waals surface area contributed by atoms with Crippen LogP contribution in [-0.4, -0.2) is 0 Å². The molecule has 202 valence electrons. The van der Waals surface area contributed by atoms with Crippen molar-refractivity contribution in [2.45, 2.75) is 83.4 Å². The van der Waals surface area contributed by atoms with Gasteiger partial charge in [0.15, 0.2) is 0 Å². The maximum Gasteiger partial charge on any atom is 0.429 e. The average molecular weight is 525 g/mol. The summed E-state index contributed by atoms with van der Waals surface area (Å²) in [7, 11) is 0. The first-order valence-electron chi connectivity index (χ1n) is 13.2. The zero-order valence-electron chi connectivity index (χ0n) is 21.3. The molecule has 0 aromatic heterocycles. The van der Waals surface area contributed by atoms with E-state index in [1.54, 1.807) is 12.1 Å². The van der Waals surface area contributed by atoms with Gasteiger partial charge >= 0.3 is 12.3 Å². The van der Waals surface area contributed by atoms with Crippen LogP contribution >= 0.6 is 0 Å². The predicted octanol–water partition coefficient (Wildman–Crippen LogP) is 10.1. The summed E-state index contributed by atoms with van der Waals surface area (Å²) in [5.74, 6) is 0.500. The molecule has 2 aliphatic carbocycles. The van der Waals surface area contributed by atoms with Gasteiger partial charge in [-0.05, 0) is 98.4 Å². The minimum absolute atomic E-state index is 0.232. The number of rotatable bonds is 6. The molecular formula is C30H34F6O. The van der Waals surface area contributed by atoms with E-state index in [-0.39, 0.29) is 5.75 Å². The molecule has 0 bridgehead atoms. The summed E-state index contributed by atoms with van der Waals surface area (Å²) in [6.07, 6.45) is 2.61. The Bertz CT molecular complexity index is 1070. The molecule has 37 heavy (non-hydrogen) atoms. The Hall–Kier alpha value is -2.44. The Morgan fingerprint density at radius 2 is 1.35 bits per heavy atom. The van der Waals surface area contributed by atoms with Gasteiger partial charge in [-0.1, -0.05) is 50.1 Å². The van der Waals surface area contributed by atoms with Crippen molar-refractivity contribution in [3.05, 3.63) is 70.5 Å². The topological polar surface area (TPSA) is 9.23 Å². The highest BCUT2D eigenvalue weighted by Crippen LogP contribution is 2.45. The quantitative estimate of drug-likeness (QED) is 0.342. The fraction of sp³-hybridized carbons (Fsp3) is 0.533. The first-order chi connectivity index (χ1) is 17.5. The van der Waals surface area contributed by atoms with E-state index in [1.165, 1.54) is 63.7 Å². The highest BCUT2D eigenvalue weighted by molar-refractivity contribution is 5.56. The monoisotopic (exact) mass is 524 g/mol. The van der Waals surface area contributed by atoms with Crippen LogP contribution in [0.15, 0.2) is 42.5 Å². The van der Waals surface area contributed by atoms with E-state index in [2.05, 4.69) is 6.92 Å². The molecule has 0 heterocycles. The van der Waals surface area contributed by atoms with Crippen LogP contribution in [0.5, 0.6) is 5.75 Å². The second kappa shape index (κ2) is 11.1. The van der Waals surface area contributed by atoms with Crippen molar-refractivity contribution in [1.82, 2.24) is 0 Å². The molecular weight excluding hydrogens is 490 g/mol. The van der Waals surface area contributed by atoms with Gasteiger partial charge in [0.05, 0.1) is 5.56 Å². The molecule has 0 saturated heterocycles. The fourth-order valence-electron chi connectivity index (χ4n) is 6.11. The molecule has 2 aliphatic rings. The van der Waals surface area contributed by atoms with Crippen LogP contribution in [-0.2, 0) is 12.3 Å². The lowest BCUT2D eigenvalue weighted by molar-refractivity contribution is -0.188. The molecule has 4 rings (SSSR count). The molecule has 2 aromatic rings. The van der Waals surface area contributed by atoms with Crippen molar-refractivity contribution >= 4 is 6.08 Å². The van der Waals surface area contributed by atoms with Crippen molar-refractivity contribution < 1.29 is 31.1 Å². The Morgan fingerprint density at radius 1 is 0.784 bits per heavy atom. The van der Waals surface area contributed by atoms with E-state index in [1.807, 2.05) is 0 Å². The highest BCUT2D eigenvalue weighted by Gasteiger charge is 2.44. The van der Waals surface area contributed by atoms with Crippen LogP contribution in [0.1, 0.15) is 93.4 Å². The van der Waals surface area contributed by atoms with Crippen LogP contribution in [0.25, 0.3) is 6.08 Å². The van der Waals surface area contributed by atoms with Gasteiger partial charge < -0.3 is 4.74 Å². The van der Waals surface area contributed by atoms with Gasteiger partial charge in [0.1, 0.15) is 17.1 Å². The molecule has 0 N–H and O–H groups in total. The largest absolute Gasteiger partial charge is 0.429 e. The van der Waals surface area contributed by atoms with Crippen LogP contribution in [0.3, 0.4) is 0 Å². The lowest BCUT2D eigenvalue weighted by atomic mass is 9.68. The minimum atomic E-state index is -5.14. The molecule has 2 saturated carbocycles. The molecule has 7 heteroatoms. The molecule has 0 spiro atoms. The summed E-state index contributed by atoms with van der Waals surface area (Å²) in [5, 5.41) is 0. The van der Waals surface area contributed by atoms with Gasteiger partial charge in [0.25, 0.3) is 0 Å². The van der Waals surface area contributed by atoms with E-state index >= 15 is 0 Å². The molecule has 1 nitrogen and oxygen atoms in total. The normalized spacial score (nSPS) is 25.4. The van der Waals surface area contributed by atoms with Crippen LogP contribution in [0.4, 0.5) is 26.3 Å². The molecule has 0 aliphatic heterocycles. The van der Waals surface area contributed by atoms with E-state index in [0.717, 1.165) is 48.3 Å². The lowest BCUT2D eigenvalue weighted by Crippen LogP contribution is -2.26. The van der Waals surface area contributed by atoms with Crippen molar-refractivity contribution in [2.75, 3.05) is 0 Å². The van der Waals surface area contributed by atoms with E-state index in [9.17, 15) is 26.3 Å². The number of ether oxygens (including phenoxy) is 1. The fourth-order valence-corrected chi connectivity index (χ4v) is 6.11. The van der Waals surface area contributed by atoms with Gasteiger partial charge in [0, 0.05) is 0 Å². The molecule has 0 amide bonds. The number of benzene rings is 2. The lowest BCUT2D eigenvalue weighted by Gasteiger charge is -2.37. The Kier molecular flexibility index (Phi) is 8.29. The predicted molar refractivity (Wildman–Crippen MR) is 133 cm³/mol. The summed E-state index contributed by atoms with van der Waals surface area (Å²) >= 11 is 0. The number of allylic oxidation sites excluding steroid dienone is 1. The van der Waals surface area contributed by atoms with Gasteiger partial charge in [-0.25, -0.2) is 4.39 Å². The number of halogens is 6. The summed E-state index contributed by atoms with van der Waals surface area (Å²) in [6.45, 7) is 3.78. The number of hydrogen-bond acceptors (Lipinski definition) is 1. The zero-order chi connectivity index (χ0) is 26.8. The summed E-state index contributed by atoms with van der Waals surface area (Å²) in [5.41, 5.74) is -2.68. The third kappa shape index (κ3) is 6.35. The standard InChI is InChI=1S/C30H34F6O/c1-3-4-24-15-18-26(28(31)27(24)29(32,33)34)30(35,36)37-25-16-13-23(14-17-25)22-11-9-21(10-12-22)20-7-5-19(2)6-8-20/h3-4,13-22H,5-12H2,1-2H3. The smallest absolute Gasteiger partial charge is 0.429 e. The van der Waals surface area contributed by atoms with Gasteiger partial charge in [0.2, 0.25) is 0 Å². The first kappa shape index (κ1) is 27.6. The second-order valence-corrected chi connectivity index (χ2v) is 10.7. The average Bonchev–Trinajstić information content (AvgIpc) is 2.84. The molecule has 0 radical (unpaired) electrons. The third-order valence-electron chi connectivity index (χ3n) is 8.21. The van der Waals surface area contributed by atoms with E-state index < -0.39 is 34.8 Å². The van der Waals surface area contributed by atoms with Crippen molar-refractivity contribution in [1.29, 1.82) is 0 Å². The van der Waals surface area contributed by atoms with Gasteiger partial charge in [-0.3, -0.25) is 0 Å². The van der Waals surface area contributed by atoms with Crippen LogP contribution in [0.2, 0.25) is 0 Å². The molecule has 2 aromatic carbocycles. The maximum atomic E-state index is 14.8. The molecule has 0 atom stereocenters. The maximum absolute atomic E-state index is 14.8. The number of hydrogen-bond donors (Lipinski definition) is 0. The highest BCUT2D eigenvalue weighted by atomic mass is 19.4. The van der Waals surface area contributed by atoms with Crippen molar-refractivity contribution in [2.24, 2.45) is 17.8 Å².